The summed E-state index contributed by atoms with van der Waals surface area (Å²) < 4.78 is 5.10. The summed E-state index contributed by atoms with van der Waals surface area (Å²) in [5.41, 5.74) is 2.35. The van der Waals surface area contributed by atoms with Crippen molar-refractivity contribution in [1.82, 2.24) is 20.9 Å². The summed E-state index contributed by atoms with van der Waals surface area (Å²) in [5, 5.41) is 10.0. The molecule has 0 fully saturated rings. The Balaban J connectivity index is 2.04. The first-order chi connectivity index (χ1) is 14.9. The number of benzene rings is 1. The summed E-state index contributed by atoms with van der Waals surface area (Å²) in [5.74, 6) is 0.230. The first-order valence-electron chi connectivity index (χ1n) is 10.4. The van der Waals surface area contributed by atoms with Gasteiger partial charge in [-0.25, -0.2) is 9.78 Å². The molecule has 2 aromatic rings. The van der Waals surface area contributed by atoms with E-state index in [0.717, 1.165) is 17.1 Å². The predicted octanol–water partition coefficient (Wildman–Crippen LogP) is 2.85. The fourth-order valence-electron chi connectivity index (χ4n) is 2.88. The molecule has 2 rings (SSSR count). The van der Waals surface area contributed by atoms with Crippen LogP contribution >= 0.6 is 11.3 Å². The third-order valence-electron chi connectivity index (χ3n) is 4.43. The van der Waals surface area contributed by atoms with Crippen LogP contribution in [0.15, 0.2) is 29.3 Å². The molecule has 0 aliphatic carbocycles. The number of thiazole rings is 1. The number of rotatable bonds is 9. The third-order valence-corrected chi connectivity index (χ3v) is 5.75. The Morgan fingerprint density at radius 2 is 2.06 bits per heavy atom. The molecule has 1 aromatic carbocycles. The lowest BCUT2D eigenvalue weighted by atomic mass is 10.1. The number of aromatic nitrogens is 1. The average molecular weight is 446 g/mol. The van der Waals surface area contributed by atoms with E-state index in [1.807, 2.05) is 39.0 Å². The maximum absolute atomic E-state index is 12.1. The minimum Gasteiger partial charge on any atom is -0.462 e. The zero-order valence-corrected chi connectivity index (χ0v) is 19.6. The first kappa shape index (κ1) is 24.3. The predicted molar refractivity (Wildman–Crippen MR) is 124 cm³/mol. The number of ether oxygens (including phenoxy) is 1. The number of aryl methyl sites for hydroxylation is 1. The van der Waals surface area contributed by atoms with Crippen molar-refractivity contribution in [3.05, 3.63) is 51.0 Å². The van der Waals surface area contributed by atoms with E-state index in [0.29, 0.717) is 41.7 Å². The minimum absolute atomic E-state index is 0.102. The Bertz CT molecular complexity index is 926. The van der Waals surface area contributed by atoms with Crippen molar-refractivity contribution in [1.29, 1.82) is 0 Å². The molecule has 3 N–H and O–H groups in total. The van der Waals surface area contributed by atoms with Gasteiger partial charge in [-0.3, -0.25) is 9.79 Å². The van der Waals surface area contributed by atoms with E-state index in [4.69, 9.17) is 4.74 Å². The Hall–Kier alpha value is -2.94. The Kier molecular flexibility index (Phi) is 9.45. The number of amides is 1. The van der Waals surface area contributed by atoms with Crippen LogP contribution in [0.25, 0.3) is 0 Å². The van der Waals surface area contributed by atoms with E-state index in [1.165, 1.54) is 11.3 Å². The molecule has 0 bridgehead atoms. The van der Waals surface area contributed by atoms with Crippen LogP contribution in [0.1, 0.15) is 63.1 Å². The molecule has 0 saturated heterocycles. The van der Waals surface area contributed by atoms with Crippen molar-refractivity contribution in [2.24, 2.45) is 4.99 Å². The number of nitrogens with one attached hydrogen (secondary N) is 3. The molecule has 1 aromatic heterocycles. The van der Waals surface area contributed by atoms with Crippen LogP contribution in [0, 0.1) is 6.92 Å². The van der Waals surface area contributed by atoms with Crippen LogP contribution in [0.3, 0.4) is 0 Å². The molecule has 0 aliphatic rings. The van der Waals surface area contributed by atoms with E-state index in [-0.39, 0.29) is 17.9 Å². The summed E-state index contributed by atoms with van der Waals surface area (Å²) >= 11 is 1.33. The highest BCUT2D eigenvalue weighted by Crippen LogP contribution is 2.24. The van der Waals surface area contributed by atoms with Crippen molar-refractivity contribution in [3.63, 3.8) is 0 Å². The monoisotopic (exact) mass is 445 g/mol. The van der Waals surface area contributed by atoms with Crippen LogP contribution in [-0.2, 0) is 11.2 Å². The maximum Gasteiger partial charge on any atom is 0.350 e. The van der Waals surface area contributed by atoms with Crippen molar-refractivity contribution in [3.8, 4) is 0 Å². The minimum atomic E-state index is -0.337. The molecule has 1 atom stereocenters. The molecule has 0 radical (unpaired) electrons. The second-order valence-corrected chi connectivity index (χ2v) is 7.87. The number of hydrogen-bond donors (Lipinski definition) is 3. The Labute approximate surface area is 187 Å². The van der Waals surface area contributed by atoms with Crippen LogP contribution in [0.5, 0.6) is 0 Å². The lowest BCUT2D eigenvalue weighted by molar-refractivity contribution is 0.0531. The lowest BCUT2D eigenvalue weighted by Gasteiger charge is -2.16. The van der Waals surface area contributed by atoms with Gasteiger partial charge in [0, 0.05) is 25.7 Å². The van der Waals surface area contributed by atoms with Gasteiger partial charge >= 0.3 is 5.97 Å². The van der Waals surface area contributed by atoms with Gasteiger partial charge in [-0.2, -0.15) is 0 Å². The molecule has 9 heteroatoms. The SMILES string of the molecule is CCNC(=NCCc1cccc(C(=O)NC)c1)NC(C)c1nc(C)c(C(=O)OCC)s1. The quantitative estimate of drug-likeness (QED) is 0.311. The molecule has 168 valence electrons. The molecule has 1 unspecified atom stereocenters. The molecular weight excluding hydrogens is 414 g/mol. The number of carbonyl (C=O) groups excluding carboxylic acids is 2. The van der Waals surface area contributed by atoms with Gasteiger partial charge in [0.1, 0.15) is 9.88 Å². The van der Waals surface area contributed by atoms with Crippen LogP contribution in [0.2, 0.25) is 0 Å². The van der Waals surface area contributed by atoms with Gasteiger partial charge in [0.15, 0.2) is 5.96 Å². The van der Waals surface area contributed by atoms with Gasteiger partial charge < -0.3 is 20.7 Å². The van der Waals surface area contributed by atoms with E-state index >= 15 is 0 Å². The largest absolute Gasteiger partial charge is 0.462 e. The molecule has 1 amide bonds. The van der Waals surface area contributed by atoms with Gasteiger partial charge in [-0.15, -0.1) is 11.3 Å². The fraction of sp³-hybridized carbons (Fsp3) is 0.455. The second kappa shape index (κ2) is 12.0. The number of nitrogens with zero attached hydrogens (tertiary/aromatic N) is 2. The summed E-state index contributed by atoms with van der Waals surface area (Å²) in [6.45, 7) is 9.19. The molecular formula is C22H31N5O3S. The lowest BCUT2D eigenvalue weighted by Crippen LogP contribution is -2.38. The number of guanidine groups is 1. The highest BCUT2D eigenvalue weighted by Gasteiger charge is 2.20. The van der Waals surface area contributed by atoms with E-state index in [2.05, 4.69) is 25.9 Å². The van der Waals surface area contributed by atoms with Gasteiger partial charge in [0.05, 0.1) is 18.3 Å². The highest BCUT2D eigenvalue weighted by molar-refractivity contribution is 7.13. The van der Waals surface area contributed by atoms with Crippen molar-refractivity contribution < 1.29 is 14.3 Å². The molecule has 0 aliphatic heterocycles. The topological polar surface area (TPSA) is 105 Å². The maximum atomic E-state index is 12.1. The molecule has 31 heavy (non-hydrogen) atoms. The average Bonchev–Trinajstić information content (AvgIpc) is 3.15. The van der Waals surface area contributed by atoms with E-state index in [1.54, 1.807) is 20.0 Å². The molecule has 8 nitrogen and oxygen atoms in total. The number of esters is 1. The zero-order valence-electron chi connectivity index (χ0n) is 18.7. The third kappa shape index (κ3) is 7.06. The van der Waals surface area contributed by atoms with Crippen molar-refractivity contribution in [2.45, 2.75) is 40.2 Å². The fourth-order valence-corrected chi connectivity index (χ4v) is 3.85. The summed E-state index contributed by atoms with van der Waals surface area (Å²) in [6, 6.07) is 7.41. The van der Waals surface area contributed by atoms with Crippen LogP contribution in [0.4, 0.5) is 0 Å². The van der Waals surface area contributed by atoms with Crippen molar-refractivity contribution >= 4 is 29.2 Å². The summed E-state index contributed by atoms with van der Waals surface area (Å²) in [4.78, 5) is 33.6. The standard InChI is InChI=1S/C22H31N5O3S/c1-6-24-22(25-12-11-16-9-8-10-17(13-16)19(28)23-5)27-15(4)20-26-14(3)18(31-20)21(29)30-7-2/h8-10,13,15H,6-7,11-12H2,1-5H3,(H,23,28)(H2,24,25,27). The molecule has 0 spiro atoms. The van der Waals surface area contributed by atoms with E-state index < -0.39 is 0 Å². The highest BCUT2D eigenvalue weighted by atomic mass is 32.1. The van der Waals surface area contributed by atoms with Gasteiger partial charge in [-0.1, -0.05) is 12.1 Å². The van der Waals surface area contributed by atoms with Crippen LogP contribution < -0.4 is 16.0 Å². The molecule has 0 saturated carbocycles. The number of carbonyl (C=O) groups is 2. The van der Waals surface area contributed by atoms with Gasteiger partial charge in [-0.05, 0) is 51.8 Å². The summed E-state index contributed by atoms with van der Waals surface area (Å²) in [6.07, 6.45) is 0.707. The van der Waals surface area contributed by atoms with Gasteiger partial charge in [0.25, 0.3) is 5.91 Å². The van der Waals surface area contributed by atoms with Crippen molar-refractivity contribution in [2.75, 3.05) is 26.7 Å². The number of aliphatic imine (C=N–C) groups is 1. The number of hydrogen-bond acceptors (Lipinski definition) is 6. The normalized spacial score (nSPS) is 12.2. The summed E-state index contributed by atoms with van der Waals surface area (Å²) in [7, 11) is 1.62. The molecule has 1 heterocycles. The first-order valence-corrected chi connectivity index (χ1v) is 11.2. The van der Waals surface area contributed by atoms with Crippen LogP contribution in [-0.4, -0.2) is 49.6 Å². The zero-order chi connectivity index (χ0) is 22.8. The Morgan fingerprint density at radius 3 is 2.74 bits per heavy atom. The smallest absolute Gasteiger partial charge is 0.350 e. The van der Waals surface area contributed by atoms with E-state index in [9.17, 15) is 9.59 Å². The second-order valence-electron chi connectivity index (χ2n) is 6.84. The Morgan fingerprint density at radius 1 is 1.29 bits per heavy atom. The van der Waals surface area contributed by atoms with Gasteiger partial charge in [0.2, 0.25) is 0 Å².